The fourth-order valence-corrected chi connectivity index (χ4v) is 2.89. The number of nitrogens with one attached hydrogen (secondary N) is 1. The molecule has 0 bridgehead atoms. The Balaban J connectivity index is 2.27. The molecule has 30 heavy (non-hydrogen) atoms. The standard InChI is InChI=1S/C21H25FN2O6/c1-21(2,15-7-5-6-8-16(15)22)13-23-20(25)14-11-18(29-4)19(30-10-9-28-3)12-17(14)24(26)27/h5-8,11-12H,9-10,13H2,1-4H3,(H,23,25). The van der Waals surface area contributed by atoms with Crippen molar-refractivity contribution in [2.24, 2.45) is 0 Å². The number of benzene rings is 2. The summed E-state index contributed by atoms with van der Waals surface area (Å²) in [6.45, 7) is 4.05. The molecule has 0 unspecified atom stereocenters. The third kappa shape index (κ3) is 5.44. The topological polar surface area (TPSA) is 99.9 Å². The van der Waals surface area contributed by atoms with E-state index in [-0.39, 0.29) is 42.6 Å². The second-order valence-corrected chi connectivity index (χ2v) is 7.16. The molecule has 8 nitrogen and oxygen atoms in total. The van der Waals surface area contributed by atoms with E-state index in [1.54, 1.807) is 32.0 Å². The number of ether oxygens (including phenoxy) is 3. The minimum atomic E-state index is -0.733. The molecule has 0 aliphatic heterocycles. The Morgan fingerprint density at radius 3 is 2.47 bits per heavy atom. The van der Waals surface area contributed by atoms with E-state index in [1.165, 1.54) is 26.4 Å². The first-order valence-corrected chi connectivity index (χ1v) is 9.22. The van der Waals surface area contributed by atoms with Crippen LogP contribution in [0.5, 0.6) is 11.5 Å². The number of carbonyl (C=O) groups is 1. The van der Waals surface area contributed by atoms with E-state index in [2.05, 4.69) is 5.32 Å². The van der Waals surface area contributed by atoms with Crippen LogP contribution in [0.2, 0.25) is 0 Å². The highest BCUT2D eigenvalue weighted by Gasteiger charge is 2.28. The minimum absolute atomic E-state index is 0.0678. The smallest absolute Gasteiger partial charge is 0.286 e. The van der Waals surface area contributed by atoms with Crippen molar-refractivity contribution in [2.45, 2.75) is 19.3 Å². The van der Waals surface area contributed by atoms with Crippen LogP contribution >= 0.6 is 0 Å². The molecule has 0 fully saturated rings. The number of nitro benzene ring substituents is 1. The van der Waals surface area contributed by atoms with Crippen LogP contribution in [-0.4, -0.2) is 44.8 Å². The van der Waals surface area contributed by atoms with Crippen molar-refractivity contribution < 1.29 is 28.3 Å². The maximum Gasteiger partial charge on any atom is 0.286 e. The first-order valence-electron chi connectivity index (χ1n) is 9.22. The number of hydrogen-bond acceptors (Lipinski definition) is 6. The van der Waals surface area contributed by atoms with E-state index >= 15 is 0 Å². The van der Waals surface area contributed by atoms with Gasteiger partial charge in [-0.1, -0.05) is 32.0 Å². The molecular formula is C21H25FN2O6. The highest BCUT2D eigenvalue weighted by Crippen LogP contribution is 2.35. The number of nitro groups is 1. The van der Waals surface area contributed by atoms with Gasteiger partial charge in [-0.2, -0.15) is 0 Å². The van der Waals surface area contributed by atoms with Gasteiger partial charge in [-0.25, -0.2) is 4.39 Å². The van der Waals surface area contributed by atoms with Gasteiger partial charge in [0.1, 0.15) is 18.0 Å². The van der Waals surface area contributed by atoms with Crippen molar-refractivity contribution in [3.63, 3.8) is 0 Å². The van der Waals surface area contributed by atoms with Crippen LogP contribution in [0, 0.1) is 15.9 Å². The molecular weight excluding hydrogens is 395 g/mol. The van der Waals surface area contributed by atoms with Crippen LogP contribution in [0.25, 0.3) is 0 Å². The Labute approximate surface area is 174 Å². The van der Waals surface area contributed by atoms with Gasteiger partial charge in [0.15, 0.2) is 11.5 Å². The fourth-order valence-electron chi connectivity index (χ4n) is 2.89. The Morgan fingerprint density at radius 1 is 1.17 bits per heavy atom. The third-order valence-corrected chi connectivity index (χ3v) is 4.56. The molecule has 2 aromatic carbocycles. The Morgan fingerprint density at radius 2 is 1.87 bits per heavy atom. The molecule has 162 valence electrons. The molecule has 0 saturated heterocycles. The number of methoxy groups -OCH3 is 2. The Hall–Kier alpha value is -3.20. The Bertz CT molecular complexity index is 916. The average molecular weight is 420 g/mol. The first-order chi connectivity index (χ1) is 14.2. The molecule has 0 aliphatic carbocycles. The predicted molar refractivity (Wildman–Crippen MR) is 109 cm³/mol. The monoisotopic (exact) mass is 420 g/mol. The second-order valence-electron chi connectivity index (χ2n) is 7.16. The van der Waals surface area contributed by atoms with E-state index in [4.69, 9.17) is 14.2 Å². The number of amides is 1. The SMILES string of the molecule is COCCOc1cc([N+](=O)[O-])c(C(=O)NCC(C)(C)c2ccccc2F)cc1OC. The van der Waals surface area contributed by atoms with Crippen LogP contribution in [-0.2, 0) is 10.2 Å². The third-order valence-electron chi connectivity index (χ3n) is 4.56. The van der Waals surface area contributed by atoms with E-state index in [1.807, 2.05) is 0 Å². The summed E-state index contributed by atoms with van der Waals surface area (Å²) in [5.41, 5.74) is -0.910. The number of carbonyl (C=O) groups excluding carboxylic acids is 1. The number of hydrogen-bond donors (Lipinski definition) is 1. The van der Waals surface area contributed by atoms with Crippen LogP contribution in [0.3, 0.4) is 0 Å². The molecule has 0 saturated carbocycles. The van der Waals surface area contributed by atoms with Crippen LogP contribution in [0.4, 0.5) is 10.1 Å². The summed E-state index contributed by atoms with van der Waals surface area (Å²) in [6, 6.07) is 8.67. The summed E-state index contributed by atoms with van der Waals surface area (Å²) in [5, 5.41) is 14.2. The minimum Gasteiger partial charge on any atom is -0.493 e. The van der Waals surface area contributed by atoms with Gasteiger partial charge in [0.2, 0.25) is 0 Å². The van der Waals surface area contributed by atoms with Crippen molar-refractivity contribution >= 4 is 11.6 Å². The van der Waals surface area contributed by atoms with Gasteiger partial charge in [0, 0.05) is 25.1 Å². The maximum absolute atomic E-state index is 14.1. The largest absolute Gasteiger partial charge is 0.493 e. The van der Waals surface area contributed by atoms with E-state index in [9.17, 15) is 19.3 Å². The van der Waals surface area contributed by atoms with Gasteiger partial charge in [0.05, 0.1) is 24.7 Å². The lowest BCUT2D eigenvalue weighted by Gasteiger charge is -2.26. The van der Waals surface area contributed by atoms with Gasteiger partial charge in [-0.15, -0.1) is 0 Å². The molecule has 0 aliphatic rings. The quantitative estimate of drug-likeness (QED) is 0.359. The molecule has 0 radical (unpaired) electrons. The second kappa shape index (κ2) is 10.0. The maximum atomic E-state index is 14.1. The molecule has 0 heterocycles. The zero-order valence-corrected chi connectivity index (χ0v) is 17.4. The average Bonchev–Trinajstić information content (AvgIpc) is 2.72. The van der Waals surface area contributed by atoms with Crippen LogP contribution in [0.1, 0.15) is 29.8 Å². The highest BCUT2D eigenvalue weighted by atomic mass is 19.1. The van der Waals surface area contributed by atoms with Gasteiger partial charge < -0.3 is 19.5 Å². The lowest BCUT2D eigenvalue weighted by atomic mass is 9.84. The molecule has 2 aromatic rings. The molecule has 2 rings (SSSR count). The van der Waals surface area contributed by atoms with Crippen LogP contribution in [0.15, 0.2) is 36.4 Å². The summed E-state index contributed by atoms with van der Waals surface area (Å²) < 4.78 is 29.7. The molecule has 9 heteroatoms. The van der Waals surface area contributed by atoms with E-state index in [0.717, 1.165) is 6.07 Å². The van der Waals surface area contributed by atoms with Crippen molar-refractivity contribution in [2.75, 3.05) is 34.0 Å². The lowest BCUT2D eigenvalue weighted by Crippen LogP contribution is -2.37. The zero-order chi connectivity index (χ0) is 22.3. The summed E-state index contributed by atoms with van der Waals surface area (Å²) >= 11 is 0. The van der Waals surface area contributed by atoms with Gasteiger partial charge in [-0.3, -0.25) is 14.9 Å². The fraction of sp³-hybridized carbons (Fsp3) is 0.381. The molecule has 1 N–H and O–H groups in total. The van der Waals surface area contributed by atoms with Crippen molar-refractivity contribution in [1.82, 2.24) is 5.32 Å². The molecule has 0 aromatic heterocycles. The number of halogens is 1. The van der Waals surface area contributed by atoms with Gasteiger partial charge in [0.25, 0.3) is 11.6 Å². The first kappa shape index (κ1) is 23.1. The van der Waals surface area contributed by atoms with Gasteiger partial charge in [-0.05, 0) is 11.6 Å². The van der Waals surface area contributed by atoms with Crippen molar-refractivity contribution in [3.05, 3.63) is 63.5 Å². The highest BCUT2D eigenvalue weighted by molar-refractivity contribution is 5.99. The summed E-state index contributed by atoms with van der Waals surface area (Å²) in [5.74, 6) is -0.755. The predicted octanol–water partition coefficient (Wildman–Crippen LogP) is 3.48. The van der Waals surface area contributed by atoms with E-state index in [0.29, 0.717) is 5.56 Å². The molecule has 0 spiro atoms. The van der Waals surface area contributed by atoms with E-state index < -0.39 is 21.9 Å². The molecule has 0 atom stereocenters. The van der Waals surface area contributed by atoms with Gasteiger partial charge >= 0.3 is 0 Å². The summed E-state index contributed by atoms with van der Waals surface area (Å²) in [7, 11) is 2.87. The van der Waals surface area contributed by atoms with Crippen LogP contribution < -0.4 is 14.8 Å². The Kier molecular flexibility index (Phi) is 7.71. The molecule has 1 amide bonds. The normalized spacial score (nSPS) is 11.1. The summed E-state index contributed by atoms with van der Waals surface area (Å²) in [6.07, 6.45) is 0. The summed E-state index contributed by atoms with van der Waals surface area (Å²) in [4.78, 5) is 23.6. The zero-order valence-electron chi connectivity index (χ0n) is 17.4. The van der Waals surface area contributed by atoms with Crippen molar-refractivity contribution in [3.8, 4) is 11.5 Å². The number of rotatable bonds is 10. The van der Waals surface area contributed by atoms with Crippen molar-refractivity contribution in [1.29, 1.82) is 0 Å². The number of nitrogens with zero attached hydrogens (tertiary/aromatic N) is 1. The lowest BCUT2D eigenvalue weighted by molar-refractivity contribution is -0.385.